The first-order chi connectivity index (χ1) is 7.70. The number of rotatable bonds is 3. The van der Waals surface area contributed by atoms with Gasteiger partial charge in [-0.05, 0) is 26.3 Å². The van der Waals surface area contributed by atoms with E-state index < -0.39 is 0 Å². The van der Waals surface area contributed by atoms with Gasteiger partial charge in [0.05, 0.1) is 18.1 Å². The number of hydrogen-bond acceptors (Lipinski definition) is 4. The molecule has 1 fully saturated rings. The Labute approximate surface area is 97.1 Å². The molecule has 0 aliphatic carbocycles. The SMILES string of the molecule is CNCc1cnc(N2CC(C)CC2C)cn1. The molecule has 1 aliphatic heterocycles. The predicted octanol–water partition coefficient (Wildman–Crippen LogP) is 1.43. The summed E-state index contributed by atoms with van der Waals surface area (Å²) in [7, 11) is 1.92. The molecule has 1 aliphatic rings. The third-order valence-electron chi connectivity index (χ3n) is 3.13. The Morgan fingerprint density at radius 3 is 2.69 bits per heavy atom. The maximum absolute atomic E-state index is 4.49. The van der Waals surface area contributed by atoms with Crippen LogP contribution in [0, 0.1) is 5.92 Å². The summed E-state index contributed by atoms with van der Waals surface area (Å²) < 4.78 is 0. The van der Waals surface area contributed by atoms with E-state index in [0.29, 0.717) is 6.04 Å². The predicted molar refractivity (Wildman–Crippen MR) is 65.4 cm³/mol. The number of anilines is 1. The summed E-state index contributed by atoms with van der Waals surface area (Å²) in [6.45, 7) is 6.42. The first-order valence-electron chi connectivity index (χ1n) is 5.93. The first-order valence-corrected chi connectivity index (χ1v) is 5.93. The molecule has 2 unspecified atom stereocenters. The van der Waals surface area contributed by atoms with Crippen molar-refractivity contribution in [3.05, 3.63) is 18.1 Å². The highest BCUT2D eigenvalue weighted by Gasteiger charge is 2.26. The third-order valence-corrected chi connectivity index (χ3v) is 3.13. The van der Waals surface area contributed by atoms with Crippen LogP contribution in [0.15, 0.2) is 12.4 Å². The normalized spacial score (nSPS) is 25.1. The van der Waals surface area contributed by atoms with Gasteiger partial charge in [0.2, 0.25) is 0 Å². The summed E-state index contributed by atoms with van der Waals surface area (Å²) in [4.78, 5) is 11.2. The zero-order chi connectivity index (χ0) is 11.5. The lowest BCUT2D eigenvalue weighted by Gasteiger charge is -2.22. The molecule has 0 amide bonds. The summed E-state index contributed by atoms with van der Waals surface area (Å²) in [6, 6.07) is 0.583. The molecule has 0 aromatic carbocycles. The molecule has 1 saturated heterocycles. The van der Waals surface area contributed by atoms with Crippen molar-refractivity contribution >= 4 is 5.82 Å². The monoisotopic (exact) mass is 220 g/mol. The molecule has 2 heterocycles. The van der Waals surface area contributed by atoms with Gasteiger partial charge < -0.3 is 10.2 Å². The van der Waals surface area contributed by atoms with E-state index in [1.165, 1.54) is 6.42 Å². The number of nitrogens with one attached hydrogen (secondary N) is 1. The molecule has 4 heteroatoms. The van der Waals surface area contributed by atoms with Gasteiger partial charge in [0.25, 0.3) is 0 Å². The quantitative estimate of drug-likeness (QED) is 0.836. The van der Waals surface area contributed by atoms with Crippen LogP contribution < -0.4 is 10.2 Å². The molecule has 0 saturated carbocycles. The van der Waals surface area contributed by atoms with Crippen molar-refractivity contribution in [3.63, 3.8) is 0 Å². The lowest BCUT2D eigenvalue weighted by Crippen LogP contribution is -2.27. The summed E-state index contributed by atoms with van der Waals surface area (Å²) in [5, 5.41) is 3.07. The van der Waals surface area contributed by atoms with Gasteiger partial charge in [-0.25, -0.2) is 4.98 Å². The van der Waals surface area contributed by atoms with E-state index in [-0.39, 0.29) is 0 Å². The Bertz CT molecular complexity index is 335. The molecule has 0 bridgehead atoms. The van der Waals surface area contributed by atoms with E-state index in [2.05, 4.69) is 34.0 Å². The van der Waals surface area contributed by atoms with Crippen LogP contribution in [-0.2, 0) is 6.54 Å². The third kappa shape index (κ3) is 2.32. The summed E-state index contributed by atoms with van der Waals surface area (Å²) in [5.74, 6) is 1.77. The largest absolute Gasteiger partial charge is 0.352 e. The minimum absolute atomic E-state index is 0.583. The van der Waals surface area contributed by atoms with E-state index in [4.69, 9.17) is 0 Å². The minimum Gasteiger partial charge on any atom is -0.352 e. The van der Waals surface area contributed by atoms with Gasteiger partial charge in [0.15, 0.2) is 0 Å². The number of nitrogens with zero attached hydrogens (tertiary/aromatic N) is 3. The lowest BCUT2D eigenvalue weighted by atomic mass is 10.1. The average Bonchev–Trinajstić information content (AvgIpc) is 2.59. The number of hydrogen-bond donors (Lipinski definition) is 1. The Kier molecular flexibility index (Phi) is 3.39. The average molecular weight is 220 g/mol. The van der Waals surface area contributed by atoms with Gasteiger partial charge in [-0.3, -0.25) is 4.98 Å². The van der Waals surface area contributed by atoms with Gasteiger partial charge in [-0.2, -0.15) is 0 Å². The molecule has 1 aromatic heterocycles. The van der Waals surface area contributed by atoms with Crippen LogP contribution in [0.1, 0.15) is 26.0 Å². The Morgan fingerprint density at radius 1 is 1.38 bits per heavy atom. The Hall–Kier alpha value is -1.16. The number of aromatic nitrogens is 2. The minimum atomic E-state index is 0.583. The van der Waals surface area contributed by atoms with Gasteiger partial charge in [-0.1, -0.05) is 6.92 Å². The maximum Gasteiger partial charge on any atom is 0.147 e. The molecule has 88 valence electrons. The summed E-state index contributed by atoms with van der Waals surface area (Å²) in [5.41, 5.74) is 0.992. The molecule has 0 spiro atoms. The molecule has 1 N–H and O–H groups in total. The fourth-order valence-electron chi connectivity index (χ4n) is 2.39. The topological polar surface area (TPSA) is 41.1 Å². The van der Waals surface area contributed by atoms with Crippen LogP contribution in [-0.4, -0.2) is 29.6 Å². The zero-order valence-corrected chi connectivity index (χ0v) is 10.3. The Morgan fingerprint density at radius 2 is 2.19 bits per heavy atom. The second-order valence-corrected chi connectivity index (χ2v) is 4.74. The van der Waals surface area contributed by atoms with Crippen molar-refractivity contribution in [1.82, 2.24) is 15.3 Å². The molecule has 1 aromatic rings. The molecular formula is C12H20N4. The second kappa shape index (κ2) is 4.78. The fraction of sp³-hybridized carbons (Fsp3) is 0.667. The highest BCUT2D eigenvalue weighted by Crippen LogP contribution is 2.26. The van der Waals surface area contributed by atoms with Gasteiger partial charge in [-0.15, -0.1) is 0 Å². The molecule has 2 atom stereocenters. The zero-order valence-electron chi connectivity index (χ0n) is 10.3. The molecular weight excluding hydrogens is 200 g/mol. The highest BCUT2D eigenvalue weighted by atomic mass is 15.2. The lowest BCUT2D eigenvalue weighted by molar-refractivity contribution is 0.625. The van der Waals surface area contributed by atoms with Crippen molar-refractivity contribution < 1.29 is 0 Å². The van der Waals surface area contributed by atoms with Crippen molar-refractivity contribution in [1.29, 1.82) is 0 Å². The van der Waals surface area contributed by atoms with Crippen LogP contribution in [0.25, 0.3) is 0 Å². The van der Waals surface area contributed by atoms with E-state index >= 15 is 0 Å². The van der Waals surface area contributed by atoms with Crippen LogP contribution in [0.3, 0.4) is 0 Å². The smallest absolute Gasteiger partial charge is 0.147 e. The molecule has 16 heavy (non-hydrogen) atoms. The van der Waals surface area contributed by atoms with Crippen molar-refractivity contribution in [2.45, 2.75) is 32.9 Å². The van der Waals surface area contributed by atoms with Crippen LogP contribution in [0.5, 0.6) is 0 Å². The standard InChI is InChI=1S/C12H20N4/c1-9-4-10(2)16(8-9)12-7-14-11(5-13-3)6-15-12/h6-7,9-10,13H,4-5,8H2,1-3H3. The fourth-order valence-corrected chi connectivity index (χ4v) is 2.39. The molecule has 2 rings (SSSR count). The van der Waals surface area contributed by atoms with Gasteiger partial charge in [0.1, 0.15) is 5.82 Å². The first kappa shape index (κ1) is 11.3. The van der Waals surface area contributed by atoms with E-state index in [1.807, 2.05) is 19.4 Å². The second-order valence-electron chi connectivity index (χ2n) is 4.74. The van der Waals surface area contributed by atoms with Gasteiger partial charge in [0, 0.05) is 19.1 Å². The van der Waals surface area contributed by atoms with Crippen molar-refractivity contribution in [3.8, 4) is 0 Å². The van der Waals surface area contributed by atoms with Gasteiger partial charge >= 0.3 is 0 Å². The molecule has 4 nitrogen and oxygen atoms in total. The summed E-state index contributed by atoms with van der Waals surface area (Å²) >= 11 is 0. The van der Waals surface area contributed by atoms with Crippen LogP contribution in [0.4, 0.5) is 5.82 Å². The van der Waals surface area contributed by atoms with Crippen LogP contribution >= 0.6 is 0 Å². The Balaban J connectivity index is 2.09. The highest BCUT2D eigenvalue weighted by molar-refractivity contribution is 5.38. The van der Waals surface area contributed by atoms with Crippen LogP contribution in [0.2, 0.25) is 0 Å². The summed E-state index contributed by atoms with van der Waals surface area (Å²) in [6.07, 6.45) is 5.00. The molecule has 0 radical (unpaired) electrons. The van der Waals surface area contributed by atoms with Crippen molar-refractivity contribution in [2.75, 3.05) is 18.5 Å². The van der Waals surface area contributed by atoms with Crippen molar-refractivity contribution in [2.24, 2.45) is 5.92 Å². The maximum atomic E-state index is 4.49. The van der Waals surface area contributed by atoms with E-state index in [0.717, 1.165) is 30.5 Å². The van der Waals surface area contributed by atoms with E-state index in [9.17, 15) is 0 Å². The van der Waals surface area contributed by atoms with E-state index in [1.54, 1.807) is 0 Å².